The minimum absolute atomic E-state index is 0.277. The molecular formula is C24H24N2O2S. The maximum Gasteiger partial charge on any atom is 0.231 e. The third-order valence-corrected chi connectivity index (χ3v) is 5.30. The van der Waals surface area contributed by atoms with Gasteiger partial charge in [0.15, 0.2) is 16.6 Å². The van der Waals surface area contributed by atoms with Crippen LogP contribution in [0.15, 0.2) is 66.7 Å². The molecule has 0 bridgehead atoms. The number of thiocarbonyl (C=S) groups is 1. The zero-order valence-electron chi connectivity index (χ0n) is 16.6. The summed E-state index contributed by atoms with van der Waals surface area (Å²) in [5, 5.41) is 4.12. The molecule has 0 unspecified atom stereocenters. The normalized spacial score (nSPS) is 11.9. The second-order valence-corrected chi connectivity index (χ2v) is 7.66. The van der Waals surface area contributed by atoms with E-state index >= 15 is 0 Å². The van der Waals surface area contributed by atoms with E-state index in [9.17, 15) is 0 Å². The summed E-state index contributed by atoms with van der Waals surface area (Å²) in [4.78, 5) is 2.17. The largest absolute Gasteiger partial charge is 0.454 e. The highest BCUT2D eigenvalue weighted by atomic mass is 32.1. The minimum Gasteiger partial charge on any atom is -0.454 e. The summed E-state index contributed by atoms with van der Waals surface area (Å²) in [6.45, 7) is 5.85. The van der Waals surface area contributed by atoms with Gasteiger partial charge in [-0.25, -0.2) is 0 Å². The van der Waals surface area contributed by atoms with E-state index in [1.807, 2.05) is 18.2 Å². The first-order chi connectivity index (χ1) is 14.1. The van der Waals surface area contributed by atoms with Crippen LogP contribution in [0.4, 0.5) is 5.69 Å². The van der Waals surface area contributed by atoms with Gasteiger partial charge >= 0.3 is 0 Å². The third kappa shape index (κ3) is 4.69. The van der Waals surface area contributed by atoms with Crippen LogP contribution in [0.1, 0.15) is 22.3 Å². The SMILES string of the molecule is Cc1ccc(NC(=S)N(Cc2ccccc2)Cc2ccc3c(c2)OCO3)c(C)c1. The summed E-state index contributed by atoms with van der Waals surface area (Å²) in [7, 11) is 0. The van der Waals surface area contributed by atoms with E-state index in [4.69, 9.17) is 21.7 Å². The molecule has 0 amide bonds. The van der Waals surface area contributed by atoms with E-state index in [-0.39, 0.29) is 6.79 Å². The van der Waals surface area contributed by atoms with Crippen LogP contribution in [0.5, 0.6) is 11.5 Å². The maximum atomic E-state index is 5.81. The Morgan fingerprint density at radius 3 is 2.45 bits per heavy atom. The number of aryl methyl sites for hydroxylation is 2. The zero-order valence-corrected chi connectivity index (χ0v) is 17.5. The topological polar surface area (TPSA) is 33.7 Å². The van der Waals surface area contributed by atoms with Gasteiger partial charge in [-0.05, 0) is 61.0 Å². The number of rotatable bonds is 5. The molecule has 0 radical (unpaired) electrons. The highest BCUT2D eigenvalue weighted by molar-refractivity contribution is 7.80. The van der Waals surface area contributed by atoms with E-state index < -0.39 is 0 Å². The monoisotopic (exact) mass is 404 g/mol. The van der Waals surface area contributed by atoms with Gasteiger partial charge in [0.2, 0.25) is 6.79 Å². The van der Waals surface area contributed by atoms with Gasteiger partial charge in [0.05, 0.1) is 0 Å². The molecule has 0 aliphatic carbocycles. The summed E-state index contributed by atoms with van der Waals surface area (Å²) in [5.41, 5.74) is 5.77. The summed E-state index contributed by atoms with van der Waals surface area (Å²) < 4.78 is 11.0. The lowest BCUT2D eigenvalue weighted by atomic mass is 10.1. The number of nitrogens with one attached hydrogen (secondary N) is 1. The number of ether oxygens (including phenoxy) is 2. The Balaban J connectivity index is 1.56. The van der Waals surface area contributed by atoms with Crippen LogP contribution in [0.2, 0.25) is 0 Å². The lowest BCUT2D eigenvalue weighted by molar-refractivity contribution is 0.174. The lowest BCUT2D eigenvalue weighted by Crippen LogP contribution is -2.34. The molecule has 4 nitrogen and oxygen atoms in total. The molecule has 3 aromatic carbocycles. The van der Waals surface area contributed by atoms with Crippen molar-refractivity contribution < 1.29 is 9.47 Å². The van der Waals surface area contributed by atoms with Crippen molar-refractivity contribution in [1.29, 1.82) is 0 Å². The van der Waals surface area contributed by atoms with Crippen LogP contribution in [0.3, 0.4) is 0 Å². The van der Waals surface area contributed by atoms with Gasteiger partial charge in [0.1, 0.15) is 0 Å². The first-order valence-corrected chi connectivity index (χ1v) is 10.0. The molecule has 1 N–H and O–H groups in total. The van der Waals surface area contributed by atoms with Gasteiger partial charge in [-0.3, -0.25) is 0 Å². The molecule has 3 aromatic rings. The fraction of sp³-hybridized carbons (Fsp3) is 0.208. The first kappa shape index (κ1) is 19.3. The van der Waals surface area contributed by atoms with Gasteiger partial charge in [0, 0.05) is 18.8 Å². The van der Waals surface area contributed by atoms with E-state index in [1.165, 1.54) is 16.7 Å². The van der Waals surface area contributed by atoms with Crippen molar-refractivity contribution in [2.45, 2.75) is 26.9 Å². The quantitative estimate of drug-likeness (QED) is 0.574. The summed E-state index contributed by atoms with van der Waals surface area (Å²) in [5.74, 6) is 1.58. The smallest absolute Gasteiger partial charge is 0.231 e. The molecule has 0 spiro atoms. The Hall–Kier alpha value is -3.05. The van der Waals surface area contributed by atoms with Crippen LogP contribution in [-0.2, 0) is 13.1 Å². The van der Waals surface area contributed by atoms with Crippen LogP contribution in [0, 0.1) is 13.8 Å². The lowest BCUT2D eigenvalue weighted by Gasteiger charge is -2.27. The molecule has 0 aromatic heterocycles. The van der Waals surface area contributed by atoms with Crippen LogP contribution in [-0.4, -0.2) is 16.8 Å². The highest BCUT2D eigenvalue weighted by Crippen LogP contribution is 2.33. The Bertz CT molecular complexity index is 1020. The Morgan fingerprint density at radius 1 is 0.897 bits per heavy atom. The standard InChI is InChI=1S/C24H24N2O2S/c1-17-8-10-21(18(2)12-17)25-24(29)26(14-19-6-4-3-5-7-19)15-20-9-11-22-23(13-20)28-16-27-22/h3-13H,14-16H2,1-2H3,(H,25,29). The van der Waals surface area contributed by atoms with Gasteiger partial charge < -0.3 is 19.7 Å². The summed E-state index contributed by atoms with van der Waals surface area (Å²) >= 11 is 5.81. The predicted octanol–water partition coefficient (Wildman–Crippen LogP) is 5.43. The van der Waals surface area contributed by atoms with Gasteiger partial charge in [-0.15, -0.1) is 0 Å². The third-order valence-electron chi connectivity index (χ3n) is 4.94. The molecule has 0 fully saturated rings. The number of fused-ring (bicyclic) bond motifs is 1. The minimum atomic E-state index is 0.277. The number of nitrogens with zero attached hydrogens (tertiary/aromatic N) is 1. The zero-order chi connectivity index (χ0) is 20.2. The van der Waals surface area contributed by atoms with Crippen molar-refractivity contribution in [3.63, 3.8) is 0 Å². The maximum absolute atomic E-state index is 5.81. The Morgan fingerprint density at radius 2 is 1.66 bits per heavy atom. The summed E-state index contributed by atoms with van der Waals surface area (Å²) in [6, 6.07) is 22.7. The molecule has 4 rings (SSSR count). The molecular weight excluding hydrogens is 380 g/mol. The second-order valence-electron chi connectivity index (χ2n) is 7.28. The molecule has 1 aliphatic rings. The van der Waals surface area contributed by atoms with Gasteiger partial charge in [-0.2, -0.15) is 0 Å². The second kappa shape index (κ2) is 8.53. The van der Waals surface area contributed by atoms with E-state index in [0.29, 0.717) is 18.2 Å². The first-order valence-electron chi connectivity index (χ1n) is 9.64. The Kier molecular flexibility index (Phi) is 5.67. The van der Waals surface area contributed by atoms with Crippen LogP contribution >= 0.6 is 12.2 Å². The number of benzene rings is 3. The Labute approximate surface area is 177 Å². The van der Waals surface area contributed by atoms with Gasteiger partial charge in [-0.1, -0.05) is 54.1 Å². The van der Waals surface area contributed by atoms with Crippen molar-refractivity contribution in [3.05, 3.63) is 89.0 Å². The molecule has 1 heterocycles. The van der Waals surface area contributed by atoms with E-state index in [1.54, 1.807) is 0 Å². The number of anilines is 1. The van der Waals surface area contributed by atoms with Crippen molar-refractivity contribution in [2.75, 3.05) is 12.1 Å². The molecule has 1 aliphatic heterocycles. The molecule has 0 saturated carbocycles. The van der Waals surface area contributed by atoms with Gasteiger partial charge in [0.25, 0.3) is 0 Å². The fourth-order valence-electron chi connectivity index (χ4n) is 3.41. The molecule has 5 heteroatoms. The molecule has 0 atom stereocenters. The van der Waals surface area contributed by atoms with Crippen molar-refractivity contribution in [1.82, 2.24) is 4.90 Å². The van der Waals surface area contributed by atoms with Crippen LogP contribution in [0.25, 0.3) is 0 Å². The van der Waals surface area contributed by atoms with E-state index in [2.05, 4.69) is 72.6 Å². The predicted molar refractivity (Wildman–Crippen MR) is 120 cm³/mol. The molecule has 29 heavy (non-hydrogen) atoms. The fourth-order valence-corrected chi connectivity index (χ4v) is 3.65. The average molecular weight is 405 g/mol. The summed E-state index contributed by atoms with van der Waals surface area (Å²) in [6.07, 6.45) is 0. The molecule has 0 saturated heterocycles. The highest BCUT2D eigenvalue weighted by Gasteiger charge is 2.17. The van der Waals surface area contributed by atoms with Crippen molar-refractivity contribution >= 4 is 23.0 Å². The number of hydrogen-bond acceptors (Lipinski definition) is 3. The van der Waals surface area contributed by atoms with Crippen molar-refractivity contribution in [3.8, 4) is 11.5 Å². The molecule has 148 valence electrons. The van der Waals surface area contributed by atoms with Crippen LogP contribution < -0.4 is 14.8 Å². The van der Waals surface area contributed by atoms with E-state index in [0.717, 1.165) is 22.7 Å². The average Bonchev–Trinajstić information content (AvgIpc) is 3.18. The van der Waals surface area contributed by atoms with Crippen molar-refractivity contribution in [2.24, 2.45) is 0 Å². The number of hydrogen-bond donors (Lipinski definition) is 1.